The Hall–Kier alpha value is -4.38. The van der Waals surface area contributed by atoms with Crippen LogP contribution < -0.4 is 15.9 Å². The van der Waals surface area contributed by atoms with Crippen LogP contribution in [0.15, 0.2) is 132 Å². The van der Waals surface area contributed by atoms with Crippen molar-refractivity contribution in [2.24, 2.45) is 0 Å². The van der Waals surface area contributed by atoms with E-state index in [4.69, 9.17) is 16.3 Å². The number of carbonyl (C=O) groups is 1. The number of halogens is 1. The second-order valence-electron chi connectivity index (χ2n) is 8.73. The van der Waals surface area contributed by atoms with Crippen molar-refractivity contribution < 1.29 is 19.6 Å². The number of esters is 1. The molecule has 0 saturated heterocycles. The minimum absolute atomic E-state index is 0.0109. The van der Waals surface area contributed by atoms with Crippen molar-refractivity contribution in [2.75, 3.05) is 7.11 Å². The zero-order valence-corrected chi connectivity index (χ0v) is 22.5. The van der Waals surface area contributed by atoms with Crippen LogP contribution in [0.4, 0.5) is 0 Å². The first-order valence-corrected chi connectivity index (χ1v) is 14.2. The molecule has 0 saturated carbocycles. The lowest BCUT2D eigenvalue weighted by Crippen LogP contribution is -2.32. The Morgan fingerprint density at radius 3 is 1.62 bits per heavy atom. The standard InChI is InChI=1S/C31H23ClNO5P/c1-38-31(35)27-26(21-17-19-22(32)20-18-21)28(33(36)37)29(34)30(27)39(23-11-5-2-6-12-23,24-13-7-3-8-14-24)25-15-9-4-10-16-25/h2-20,34H,1H3. The van der Waals surface area contributed by atoms with E-state index < -0.39 is 29.2 Å². The van der Waals surface area contributed by atoms with Crippen LogP contribution in [-0.2, 0) is 9.53 Å². The summed E-state index contributed by atoms with van der Waals surface area (Å²) in [5.74, 6) is -1.35. The fourth-order valence-corrected chi connectivity index (χ4v) is 9.69. The molecule has 8 heteroatoms. The molecule has 4 aromatic carbocycles. The Bertz CT molecular complexity index is 1580. The summed E-state index contributed by atoms with van der Waals surface area (Å²) in [4.78, 5) is 25.6. The Morgan fingerprint density at radius 2 is 1.23 bits per heavy atom. The number of hydrogen-bond acceptors (Lipinski definition) is 5. The second-order valence-corrected chi connectivity index (χ2v) is 12.5. The number of ether oxygens (including phenoxy) is 1. The molecule has 5 rings (SSSR count). The number of allylic oxidation sites excluding steroid dienone is 2. The zero-order valence-electron chi connectivity index (χ0n) is 20.8. The van der Waals surface area contributed by atoms with Crippen LogP contribution in [0.1, 0.15) is 5.56 Å². The fourth-order valence-electron chi connectivity index (χ4n) is 5.08. The predicted octanol–water partition coefficient (Wildman–Crippen LogP) is 5.49. The molecule has 0 fully saturated rings. The number of nitro groups is 1. The number of nitrogens with zero attached hydrogens (tertiary/aromatic N) is 1. The molecule has 0 unspecified atom stereocenters. The molecule has 1 aliphatic carbocycles. The van der Waals surface area contributed by atoms with Crippen molar-refractivity contribution in [1.29, 1.82) is 0 Å². The Morgan fingerprint density at radius 1 is 0.795 bits per heavy atom. The summed E-state index contributed by atoms with van der Waals surface area (Å²) >= 11 is 6.11. The minimum atomic E-state index is -3.11. The monoisotopic (exact) mass is 555 g/mol. The first kappa shape index (κ1) is 26.2. The van der Waals surface area contributed by atoms with Gasteiger partial charge in [-0.25, -0.2) is 4.79 Å². The summed E-state index contributed by atoms with van der Waals surface area (Å²) < 4.78 is 5.23. The largest absolute Gasteiger partial charge is 0.502 e. The molecule has 1 aliphatic rings. The highest BCUT2D eigenvalue weighted by atomic mass is 35.5. The third-order valence-electron chi connectivity index (χ3n) is 6.64. The Kier molecular flexibility index (Phi) is 7.25. The van der Waals surface area contributed by atoms with Crippen molar-refractivity contribution in [3.05, 3.63) is 153 Å². The van der Waals surface area contributed by atoms with Crippen LogP contribution in [0.25, 0.3) is 5.57 Å². The van der Waals surface area contributed by atoms with E-state index in [1.807, 2.05) is 91.0 Å². The van der Waals surface area contributed by atoms with E-state index in [2.05, 4.69) is 0 Å². The molecule has 0 atom stereocenters. The maximum absolute atomic E-state index is 13.7. The van der Waals surface area contributed by atoms with Gasteiger partial charge in [0.15, 0.2) is 0 Å². The van der Waals surface area contributed by atoms with Crippen LogP contribution in [0, 0.1) is 10.1 Å². The van der Waals surface area contributed by atoms with E-state index in [0.717, 1.165) is 15.9 Å². The van der Waals surface area contributed by atoms with Gasteiger partial charge in [-0.1, -0.05) is 115 Å². The lowest BCUT2D eigenvalue weighted by molar-refractivity contribution is -0.418. The number of benzene rings is 4. The van der Waals surface area contributed by atoms with E-state index in [-0.39, 0.29) is 16.4 Å². The summed E-state index contributed by atoms with van der Waals surface area (Å²) in [6.45, 7) is -3.11. The lowest BCUT2D eigenvalue weighted by atomic mass is 10.0. The molecular weight excluding hydrogens is 533 g/mol. The maximum Gasteiger partial charge on any atom is 0.339 e. The van der Waals surface area contributed by atoms with E-state index in [0.29, 0.717) is 10.6 Å². The van der Waals surface area contributed by atoms with Crippen molar-refractivity contribution in [3.8, 4) is 0 Å². The molecule has 194 valence electrons. The average Bonchev–Trinajstić information content (AvgIpc) is 3.28. The average molecular weight is 556 g/mol. The van der Waals surface area contributed by atoms with Gasteiger partial charge in [0.05, 0.1) is 23.2 Å². The quantitative estimate of drug-likeness (QED) is 0.147. The molecule has 0 radical (unpaired) electrons. The molecule has 4 aromatic rings. The molecule has 39 heavy (non-hydrogen) atoms. The molecule has 0 bridgehead atoms. The molecule has 0 spiro atoms. The molecule has 0 aromatic heterocycles. The molecular formula is C31H23ClNO5P. The predicted molar refractivity (Wildman–Crippen MR) is 157 cm³/mol. The highest BCUT2D eigenvalue weighted by Gasteiger charge is 2.47. The molecule has 0 heterocycles. The van der Waals surface area contributed by atoms with Gasteiger partial charge < -0.3 is 9.84 Å². The minimum Gasteiger partial charge on any atom is -0.502 e. The third kappa shape index (κ3) is 4.38. The summed E-state index contributed by atoms with van der Waals surface area (Å²) in [6, 6.07) is 34.8. The Labute approximate surface area is 230 Å². The van der Waals surface area contributed by atoms with Crippen LogP contribution in [0.5, 0.6) is 0 Å². The van der Waals surface area contributed by atoms with Crippen LogP contribution in [-0.4, -0.2) is 28.4 Å². The van der Waals surface area contributed by atoms with Gasteiger partial charge in [-0.2, -0.15) is 0 Å². The van der Waals surface area contributed by atoms with Gasteiger partial charge in [0.1, 0.15) is 0 Å². The van der Waals surface area contributed by atoms with Crippen LogP contribution in [0.2, 0.25) is 5.02 Å². The number of aliphatic hydroxyl groups is 1. The summed E-state index contributed by atoms with van der Waals surface area (Å²) in [6.07, 6.45) is 0. The molecule has 0 amide bonds. The van der Waals surface area contributed by atoms with Gasteiger partial charge in [0, 0.05) is 10.3 Å². The highest BCUT2D eigenvalue weighted by Crippen LogP contribution is 2.53. The van der Waals surface area contributed by atoms with E-state index in [1.54, 1.807) is 24.3 Å². The summed E-state index contributed by atoms with van der Waals surface area (Å²) in [7, 11) is 1.22. The van der Waals surface area contributed by atoms with Crippen LogP contribution >= 0.6 is 18.5 Å². The normalized spacial score (nSPS) is 13.5. The lowest BCUT2D eigenvalue weighted by Gasteiger charge is -2.32. The van der Waals surface area contributed by atoms with Gasteiger partial charge in [-0.3, -0.25) is 10.1 Å². The third-order valence-corrected chi connectivity index (χ3v) is 11.2. The van der Waals surface area contributed by atoms with Gasteiger partial charge in [0.2, 0.25) is 5.76 Å². The maximum atomic E-state index is 13.7. The zero-order chi connectivity index (χ0) is 27.6. The topological polar surface area (TPSA) is 89.7 Å². The van der Waals surface area contributed by atoms with Gasteiger partial charge in [-0.05, 0) is 40.5 Å². The number of rotatable bonds is 6. The molecule has 0 aliphatic heterocycles. The van der Waals surface area contributed by atoms with Crippen LogP contribution in [0.3, 0.4) is 0 Å². The Balaban J connectivity index is 2.13. The number of aliphatic hydroxyl groups excluding tert-OH is 1. The smallest absolute Gasteiger partial charge is 0.339 e. The van der Waals surface area contributed by atoms with E-state index >= 15 is 0 Å². The fraction of sp³-hybridized carbons (Fsp3) is 0.0323. The van der Waals surface area contributed by atoms with Gasteiger partial charge in [0.25, 0.3) is 0 Å². The SMILES string of the molecule is COC(=O)C1=C(c2ccc(Cl)cc2)C([N+](=O)[O-])=C(O)C1=P(c1ccccc1)(c1ccccc1)c1ccccc1. The van der Waals surface area contributed by atoms with Crippen molar-refractivity contribution in [2.45, 2.75) is 0 Å². The number of methoxy groups -OCH3 is 1. The summed E-state index contributed by atoms with van der Waals surface area (Å²) in [5.41, 5.74) is -0.252. The molecule has 6 nitrogen and oxygen atoms in total. The van der Waals surface area contributed by atoms with E-state index in [9.17, 15) is 20.0 Å². The number of carbonyl (C=O) groups excluding carboxylic acids is 1. The van der Waals surface area contributed by atoms with Crippen molar-refractivity contribution >= 4 is 51.2 Å². The molecule has 1 N–H and O–H groups in total. The highest BCUT2D eigenvalue weighted by molar-refractivity contribution is 7.96. The van der Waals surface area contributed by atoms with Crippen molar-refractivity contribution in [1.82, 2.24) is 0 Å². The van der Waals surface area contributed by atoms with Crippen molar-refractivity contribution in [3.63, 3.8) is 0 Å². The first-order valence-electron chi connectivity index (χ1n) is 12.0. The van der Waals surface area contributed by atoms with E-state index in [1.165, 1.54) is 7.11 Å². The van der Waals surface area contributed by atoms with Gasteiger partial charge in [-0.15, -0.1) is 0 Å². The number of hydrogen-bond donors (Lipinski definition) is 1. The summed E-state index contributed by atoms with van der Waals surface area (Å²) in [5, 5.41) is 27.5. The first-order chi connectivity index (χ1) is 18.9. The van der Waals surface area contributed by atoms with Gasteiger partial charge >= 0.3 is 11.7 Å². The second kappa shape index (κ2) is 10.8.